The van der Waals surface area contributed by atoms with E-state index in [1.807, 2.05) is 0 Å². The molecule has 2 nitrogen and oxygen atoms in total. The first-order chi connectivity index (χ1) is 6.15. The Hall–Kier alpha value is -0.380. The van der Waals surface area contributed by atoms with Crippen LogP contribution >= 0.6 is 11.3 Å². The van der Waals surface area contributed by atoms with Gasteiger partial charge in [0.2, 0.25) is 0 Å². The molecule has 1 aromatic heterocycles. The van der Waals surface area contributed by atoms with E-state index in [1.54, 1.807) is 11.3 Å². The van der Waals surface area contributed by atoms with Crippen LogP contribution in [-0.4, -0.2) is 24.5 Å². The molecule has 0 aliphatic carbocycles. The molecule has 1 fully saturated rings. The summed E-state index contributed by atoms with van der Waals surface area (Å²) in [6, 6.07) is 4.56. The summed E-state index contributed by atoms with van der Waals surface area (Å²) in [5.74, 6) is 0. The fourth-order valence-electron chi connectivity index (χ4n) is 2.07. The zero-order valence-corrected chi connectivity index (χ0v) is 8.97. The Bertz CT molecular complexity index is 271. The molecule has 0 spiro atoms. The summed E-state index contributed by atoms with van der Waals surface area (Å²) in [4.78, 5) is 3.75. The molecule has 0 amide bonds. The van der Waals surface area contributed by atoms with Gasteiger partial charge in [-0.05, 0) is 31.8 Å². The van der Waals surface area contributed by atoms with Crippen LogP contribution in [-0.2, 0) is 5.54 Å². The third-order valence-corrected chi connectivity index (χ3v) is 4.41. The molecule has 72 valence electrons. The fraction of sp³-hybridized carbons (Fsp3) is 0.600. The van der Waals surface area contributed by atoms with Gasteiger partial charge in [0.05, 0.1) is 5.54 Å². The Morgan fingerprint density at radius 1 is 1.69 bits per heavy atom. The number of nitrogens with zero attached hydrogens (tertiary/aromatic N) is 1. The van der Waals surface area contributed by atoms with E-state index in [2.05, 4.69) is 36.4 Å². The number of thiophene rings is 1. The van der Waals surface area contributed by atoms with Gasteiger partial charge in [-0.3, -0.25) is 4.90 Å². The summed E-state index contributed by atoms with van der Waals surface area (Å²) in [5.41, 5.74) is 6.22. The Kier molecular flexibility index (Phi) is 2.18. The van der Waals surface area contributed by atoms with Crippen LogP contribution in [0.3, 0.4) is 0 Å². The lowest BCUT2D eigenvalue weighted by molar-refractivity contribution is 0.185. The highest BCUT2D eigenvalue weighted by Crippen LogP contribution is 2.38. The van der Waals surface area contributed by atoms with Crippen LogP contribution in [0, 0.1) is 0 Å². The van der Waals surface area contributed by atoms with Crippen LogP contribution in [0.15, 0.2) is 17.5 Å². The summed E-state index contributed by atoms with van der Waals surface area (Å²) in [7, 11) is 2.16. The minimum Gasteiger partial charge on any atom is -0.326 e. The van der Waals surface area contributed by atoms with Crippen LogP contribution in [0.4, 0.5) is 0 Å². The third-order valence-electron chi connectivity index (χ3n) is 3.31. The lowest BCUT2D eigenvalue weighted by Gasteiger charge is -2.34. The molecule has 0 radical (unpaired) electrons. The summed E-state index contributed by atoms with van der Waals surface area (Å²) in [6.45, 7) is 3.35. The maximum absolute atomic E-state index is 6.16. The van der Waals surface area contributed by atoms with Crippen molar-refractivity contribution < 1.29 is 0 Å². The smallest absolute Gasteiger partial charge is 0.0676 e. The predicted molar refractivity (Wildman–Crippen MR) is 56.9 cm³/mol. The summed E-state index contributed by atoms with van der Waals surface area (Å²) in [6.07, 6.45) is 1.10. The van der Waals surface area contributed by atoms with Crippen molar-refractivity contribution in [2.75, 3.05) is 13.6 Å². The Morgan fingerprint density at radius 2 is 2.46 bits per heavy atom. The van der Waals surface area contributed by atoms with Gasteiger partial charge >= 0.3 is 0 Å². The number of likely N-dealkylation sites (tertiary alicyclic amines) is 1. The van der Waals surface area contributed by atoms with Crippen molar-refractivity contribution in [2.24, 2.45) is 5.73 Å². The highest BCUT2D eigenvalue weighted by Gasteiger charge is 2.42. The van der Waals surface area contributed by atoms with Gasteiger partial charge in [-0.15, -0.1) is 11.3 Å². The van der Waals surface area contributed by atoms with Gasteiger partial charge in [0.15, 0.2) is 0 Å². The van der Waals surface area contributed by atoms with Crippen molar-refractivity contribution in [1.82, 2.24) is 4.90 Å². The van der Waals surface area contributed by atoms with E-state index in [9.17, 15) is 0 Å². The van der Waals surface area contributed by atoms with E-state index in [4.69, 9.17) is 5.73 Å². The molecular weight excluding hydrogens is 180 g/mol. The quantitative estimate of drug-likeness (QED) is 0.739. The van der Waals surface area contributed by atoms with Gasteiger partial charge in [0.25, 0.3) is 0 Å². The van der Waals surface area contributed by atoms with Crippen LogP contribution in [0.25, 0.3) is 0 Å². The first kappa shape index (κ1) is 9.19. The molecule has 1 aromatic rings. The monoisotopic (exact) mass is 196 g/mol. The summed E-state index contributed by atoms with van der Waals surface area (Å²) < 4.78 is 0. The second kappa shape index (κ2) is 3.08. The number of rotatable bonds is 1. The van der Waals surface area contributed by atoms with Crippen molar-refractivity contribution in [2.45, 2.75) is 24.9 Å². The van der Waals surface area contributed by atoms with Crippen molar-refractivity contribution in [3.63, 3.8) is 0 Å². The number of nitrogens with two attached hydrogens (primary N) is 1. The molecule has 0 aromatic carbocycles. The second-order valence-electron chi connectivity index (χ2n) is 3.94. The normalized spacial score (nSPS) is 35.5. The predicted octanol–water partition coefficient (Wildman–Crippen LogP) is 1.63. The molecule has 2 unspecified atom stereocenters. The molecule has 2 N–H and O–H groups in total. The van der Waals surface area contributed by atoms with E-state index in [1.165, 1.54) is 4.88 Å². The topological polar surface area (TPSA) is 29.3 Å². The van der Waals surface area contributed by atoms with E-state index < -0.39 is 0 Å². The molecule has 1 saturated heterocycles. The molecule has 2 heterocycles. The zero-order chi connectivity index (χ0) is 9.47. The van der Waals surface area contributed by atoms with Crippen molar-refractivity contribution in [1.29, 1.82) is 0 Å². The van der Waals surface area contributed by atoms with Crippen molar-refractivity contribution in [3.8, 4) is 0 Å². The first-order valence-electron chi connectivity index (χ1n) is 4.66. The third kappa shape index (κ3) is 1.23. The number of hydrogen-bond acceptors (Lipinski definition) is 3. The zero-order valence-electron chi connectivity index (χ0n) is 8.16. The first-order valence-corrected chi connectivity index (χ1v) is 5.54. The number of likely N-dealkylation sites (N-methyl/N-ethyl adjacent to an activating group) is 1. The van der Waals surface area contributed by atoms with Crippen molar-refractivity contribution in [3.05, 3.63) is 22.4 Å². The second-order valence-corrected chi connectivity index (χ2v) is 4.89. The lowest BCUT2D eigenvalue weighted by atomic mass is 9.92. The summed E-state index contributed by atoms with van der Waals surface area (Å²) >= 11 is 1.80. The molecule has 13 heavy (non-hydrogen) atoms. The van der Waals surface area contributed by atoms with Gasteiger partial charge in [0.1, 0.15) is 0 Å². The largest absolute Gasteiger partial charge is 0.326 e. The van der Waals surface area contributed by atoms with E-state index >= 15 is 0 Å². The van der Waals surface area contributed by atoms with Gasteiger partial charge < -0.3 is 5.73 Å². The average Bonchev–Trinajstić information content (AvgIpc) is 2.70. The van der Waals surface area contributed by atoms with Crippen LogP contribution < -0.4 is 5.73 Å². The summed E-state index contributed by atoms with van der Waals surface area (Å²) in [5, 5.41) is 2.12. The Morgan fingerprint density at radius 3 is 2.92 bits per heavy atom. The Labute approximate surface area is 83.4 Å². The van der Waals surface area contributed by atoms with E-state index in [0.717, 1.165) is 13.0 Å². The Balaban J connectivity index is 2.38. The molecule has 3 heteroatoms. The minimum absolute atomic E-state index is 0.0637. The molecule has 2 atom stereocenters. The maximum atomic E-state index is 6.16. The maximum Gasteiger partial charge on any atom is 0.0676 e. The van der Waals surface area contributed by atoms with Crippen LogP contribution in [0.5, 0.6) is 0 Å². The highest BCUT2D eigenvalue weighted by molar-refractivity contribution is 7.10. The van der Waals surface area contributed by atoms with Gasteiger partial charge in [-0.25, -0.2) is 0 Å². The van der Waals surface area contributed by atoms with Crippen LogP contribution in [0.2, 0.25) is 0 Å². The number of hydrogen-bond donors (Lipinski definition) is 1. The fourth-order valence-corrected chi connectivity index (χ4v) is 3.07. The van der Waals surface area contributed by atoms with Crippen molar-refractivity contribution >= 4 is 11.3 Å². The lowest BCUT2D eigenvalue weighted by Crippen LogP contribution is -2.46. The SMILES string of the molecule is CN1CCC(N)C1(C)c1cccs1. The minimum atomic E-state index is 0.0637. The average molecular weight is 196 g/mol. The van der Waals surface area contributed by atoms with E-state index in [0.29, 0.717) is 0 Å². The molecule has 2 rings (SSSR count). The van der Waals surface area contributed by atoms with Gasteiger partial charge in [-0.1, -0.05) is 6.07 Å². The standard InChI is InChI=1S/C10H16N2S/c1-10(9-4-3-7-13-9)8(11)5-6-12(10)2/h3-4,7-8H,5-6,11H2,1-2H3. The van der Waals surface area contributed by atoms with Gasteiger partial charge in [0, 0.05) is 17.5 Å². The van der Waals surface area contributed by atoms with Gasteiger partial charge in [-0.2, -0.15) is 0 Å². The molecule has 0 bridgehead atoms. The highest BCUT2D eigenvalue weighted by atomic mass is 32.1. The van der Waals surface area contributed by atoms with Crippen LogP contribution in [0.1, 0.15) is 18.2 Å². The molecule has 1 aliphatic heterocycles. The molecule has 0 saturated carbocycles. The van der Waals surface area contributed by atoms with E-state index in [-0.39, 0.29) is 11.6 Å². The molecule has 1 aliphatic rings. The molecular formula is C10H16N2S.